The molecule has 5 nitrogen and oxygen atoms in total. The zero-order valence-corrected chi connectivity index (χ0v) is 17.4. The van der Waals surface area contributed by atoms with Crippen molar-refractivity contribution < 1.29 is 4.79 Å². The first kappa shape index (κ1) is 19.7. The van der Waals surface area contributed by atoms with Crippen molar-refractivity contribution >= 4 is 11.7 Å². The van der Waals surface area contributed by atoms with Gasteiger partial charge in [0, 0.05) is 18.0 Å². The highest BCUT2D eigenvalue weighted by molar-refractivity contribution is 6.03. The highest BCUT2D eigenvalue weighted by Gasteiger charge is 2.42. The topological polar surface area (TPSA) is 94.4 Å². The van der Waals surface area contributed by atoms with Crippen LogP contribution in [0.2, 0.25) is 0 Å². The predicted molar refractivity (Wildman–Crippen MR) is 126 cm³/mol. The third-order valence-corrected chi connectivity index (χ3v) is 5.95. The number of amides is 1. The predicted octanol–water partition coefficient (Wildman–Crippen LogP) is 3.79. The molecule has 1 atom stereocenters. The number of primary amides is 1. The van der Waals surface area contributed by atoms with E-state index in [9.17, 15) is 4.79 Å². The Morgan fingerprint density at radius 2 is 1.53 bits per heavy atom. The quantitative estimate of drug-likeness (QED) is 0.516. The SMILES string of the molecule is NC(=O)Cc1ccccc1-c1cccc(C2(c3ccncc3)N=C(N)c3ccccc32)c1. The molecule has 1 aliphatic rings. The summed E-state index contributed by atoms with van der Waals surface area (Å²) in [4.78, 5) is 20.8. The number of fused-ring (bicyclic) bond motifs is 1. The van der Waals surface area contributed by atoms with E-state index in [4.69, 9.17) is 16.5 Å². The van der Waals surface area contributed by atoms with E-state index in [1.165, 1.54) is 0 Å². The fourth-order valence-corrected chi connectivity index (χ4v) is 4.58. The third-order valence-electron chi connectivity index (χ3n) is 5.95. The van der Waals surface area contributed by atoms with Crippen LogP contribution < -0.4 is 11.5 Å². The molecule has 5 rings (SSSR count). The van der Waals surface area contributed by atoms with Crippen molar-refractivity contribution in [1.82, 2.24) is 4.98 Å². The molecule has 4 N–H and O–H groups in total. The lowest BCUT2D eigenvalue weighted by atomic mass is 9.77. The number of pyridine rings is 1. The van der Waals surface area contributed by atoms with Crippen LogP contribution in [0.1, 0.15) is 27.8 Å². The average Bonchev–Trinajstić information content (AvgIpc) is 3.13. The summed E-state index contributed by atoms with van der Waals surface area (Å²) in [6.45, 7) is 0. The molecule has 0 aliphatic carbocycles. The van der Waals surface area contributed by atoms with Crippen molar-refractivity contribution in [1.29, 1.82) is 0 Å². The number of hydrogen-bond donors (Lipinski definition) is 2. The van der Waals surface area contributed by atoms with Gasteiger partial charge >= 0.3 is 0 Å². The van der Waals surface area contributed by atoms with Gasteiger partial charge < -0.3 is 11.5 Å². The van der Waals surface area contributed by atoms with Gasteiger partial charge in [-0.05, 0) is 51.6 Å². The summed E-state index contributed by atoms with van der Waals surface area (Å²) in [5, 5.41) is 0. The van der Waals surface area contributed by atoms with Crippen LogP contribution >= 0.6 is 0 Å². The van der Waals surface area contributed by atoms with E-state index in [-0.39, 0.29) is 12.3 Å². The van der Waals surface area contributed by atoms with Crippen LogP contribution in [0.4, 0.5) is 0 Å². The van der Waals surface area contributed by atoms with Gasteiger partial charge in [-0.15, -0.1) is 0 Å². The van der Waals surface area contributed by atoms with Gasteiger partial charge in [0.25, 0.3) is 0 Å². The number of nitrogens with zero attached hydrogens (tertiary/aromatic N) is 2. The number of hydrogen-bond acceptors (Lipinski definition) is 4. The van der Waals surface area contributed by atoms with Crippen LogP contribution in [0.25, 0.3) is 11.1 Å². The summed E-state index contributed by atoms with van der Waals surface area (Å²) in [6, 6.07) is 28.1. The molecule has 0 saturated carbocycles. The lowest BCUT2D eigenvalue weighted by Gasteiger charge is -2.29. The molecule has 1 aliphatic heterocycles. The second-order valence-electron chi connectivity index (χ2n) is 7.87. The molecule has 0 saturated heterocycles. The molecular weight excluding hydrogens is 396 g/mol. The first-order valence-electron chi connectivity index (χ1n) is 10.4. The van der Waals surface area contributed by atoms with Crippen LogP contribution in [0.5, 0.6) is 0 Å². The van der Waals surface area contributed by atoms with Crippen LogP contribution in [0.15, 0.2) is 102 Å². The number of aromatic nitrogens is 1. The molecule has 3 aromatic carbocycles. The van der Waals surface area contributed by atoms with Crippen molar-refractivity contribution in [3.05, 3.63) is 125 Å². The standard InChI is InChI=1S/C27H22N4O/c28-25(32)17-19-6-1-2-9-22(19)18-7-5-8-21(16-18)27(20-12-14-30-15-13-20)24-11-4-3-10-23(24)26(29)31-27/h1-16H,17H2,(H2,28,32)(H2,29,31). The maximum absolute atomic E-state index is 11.6. The molecule has 2 heterocycles. The number of nitrogens with two attached hydrogens (primary N) is 2. The summed E-state index contributed by atoms with van der Waals surface area (Å²) < 4.78 is 0. The first-order chi connectivity index (χ1) is 15.6. The molecule has 5 heteroatoms. The van der Waals surface area contributed by atoms with Gasteiger partial charge in [0.05, 0.1) is 6.42 Å². The monoisotopic (exact) mass is 418 g/mol. The summed E-state index contributed by atoms with van der Waals surface area (Å²) in [5.41, 5.74) is 17.9. The van der Waals surface area contributed by atoms with Crippen LogP contribution in [0, 0.1) is 0 Å². The highest BCUT2D eigenvalue weighted by atomic mass is 16.1. The lowest BCUT2D eigenvalue weighted by Crippen LogP contribution is -2.25. The zero-order valence-electron chi connectivity index (χ0n) is 17.4. The minimum atomic E-state index is -0.780. The van der Waals surface area contributed by atoms with E-state index in [0.29, 0.717) is 5.84 Å². The van der Waals surface area contributed by atoms with Gasteiger partial charge in [-0.25, -0.2) is 4.99 Å². The molecule has 0 spiro atoms. The Morgan fingerprint density at radius 3 is 2.31 bits per heavy atom. The number of amidine groups is 1. The molecule has 0 radical (unpaired) electrons. The largest absolute Gasteiger partial charge is 0.383 e. The van der Waals surface area contributed by atoms with E-state index in [0.717, 1.165) is 38.9 Å². The average molecular weight is 419 g/mol. The third kappa shape index (κ3) is 3.15. The molecule has 4 aromatic rings. The summed E-state index contributed by atoms with van der Waals surface area (Å²) in [6.07, 6.45) is 3.73. The van der Waals surface area contributed by atoms with Gasteiger partial charge in [-0.3, -0.25) is 9.78 Å². The van der Waals surface area contributed by atoms with Crippen molar-refractivity contribution in [3.63, 3.8) is 0 Å². The minimum absolute atomic E-state index is 0.184. The number of rotatable bonds is 5. The Morgan fingerprint density at radius 1 is 0.812 bits per heavy atom. The normalized spacial score (nSPS) is 16.9. The highest BCUT2D eigenvalue weighted by Crippen LogP contribution is 2.46. The van der Waals surface area contributed by atoms with Gasteiger partial charge in [-0.1, -0.05) is 66.7 Å². The maximum Gasteiger partial charge on any atom is 0.221 e. The number of aliphatic imine (C=N–C) groups is 1. The number of carbonyl (C=O) groups is 1. The minimum Gasteiger partial charge on any atom is -0.383 e. The second kappa shape index (κ2) is 7.78. The van der Waals surface area contributed by atoms with Crippen molar-refractivity contribution in [2.24, 2.45) is 16.5 Å². The van der Waals surface area contributed by atoms with Gasteiger partial charge in [-0.2, -0.15) is 0 Å². The number of benzene rings is 3. The molecule has 1 unspecified atom stereocenters. The molecule has 32 heavy (non-hydrogen) atoms. The maximum atomic E-state index is 11.6. The number of carbonyl (C=O) groups excluding carboxylic acids is 1. The first-order valence-corrected chi connectivity index (χ1v) is 10.4. The Bertz CT molecular complexity index is 1350. The fraction of sp³-hybridized carbons (Fsp3) is 0.0741. The fourth-order valence-electron chi connectivity index (χ4n) is 4.58. The molecule has 0 bridgehead atoms. The van der Waals surface area contributed by atoms with Crippen molar-refractivity contribution in [3.8, 4) is 11.1 Å². The summed E-state index contributed by atoms with van der Waals surface area (Å²) in [7, 11) is 0. The van der Waals surface area contributed by atoms with Crippen LogP contribution in [0.3, 0.4) is 0 Å². The van der Waals surface area contributed by atoms with E-state index in [1.54, 1.807) is 12.4 Å². The van der Waals surface area contributed by atoms with Gasteiger partial charge in [0.1, 0.15) is 11.4 Å². The van der Waals surface area contributed by atoms with E-state index in [2.05, 4.69) is 23.2 Å². The van der Waals surface area contributed by atoms with Crippen LogP contribution in [-0.4, -0.2) is 16.7 Å². The molecule has 1 amide bonds. The summed E-state index contributed by atoms with van der Waals surface area (Å²) >= 11 is 0. The molecule has 0 fully saturated rings. The Kier molecular flexibility index (Phi) is 4.79. The van der Waals surface area contributed by atoms with E-state index < -0.39 is 5.54 Å². The molecular formula is C27H22N4O. The van der Waals surface area contributed by atoms with E-state index in [1.807, 2.05) is 66.7 Å². The smallest absolute Gasteiger partial charge is 0.221 e. The summed E-state index contributed by atoms with van der Waals surface area (Å²) in [5.74, 6) is 0.154. The molecule has 1 aromatic heterocycles. The molecule has 156 valence electrons. The second-order valence-corrected chi connectivity index (χ2v) is 7.87. The van der Waals surface area contributed by atoms with E-state index >= 15 is 0 Å². The zero-order chi connectivity index (χ0) is 22.1. The van der Waals surface area contributed by atoms with Crippen molar-refractivity contribution in [2.45, 2.75) is 12.0 Å². The Balaban J connectivity index is 1.75. The lowest BCUT2D eigenvalue weighted by molar-refractivity contribution is -0.117. The van der Waals surface area contributed by atoms with Gasteiger partial charge in [0.2, 0.25) is 5.91 Å². The Labute approximate surface area is 186 Å². The van der Waals surface area contributed by atoms with Crippen LogP contribution in [-0.2, 0) is 16.8 Å². The Hall–Kier alpha value is -4.25. The van der Waals surface area contributed by atoms with Crippen molar-refractivity contribution in [2.75, 3.05) is 0 Å². The van der Waals surface area contributed by atoms with Gasteiger partial charge in [0.15, 0.2) is 0 Å².